The Kier molecular flexibility index (Phi) is 8.12. The van der Waals surface area contributed by atoms with Gasteiger partial charge in [0.25, 0.3) is 0 Å². The van der Waals surface area contributed by atoms with Crippen molar-refractivity contribution in [1.29, 1.82) is 0 Å². The number of nitrogens with zero attached hydrogens (tertiary/aromatic N) is 2. The third-order valence-electron chi connectivity index (χ3n) is 3.48. The molecule has 5 atom stereocenters. The summed E-state index contributed by atoms with van der Waals surface area (Å²) in [5.41, 5.74) is 3.75. The largest absolute Gasteiger partial charge is 0.472 e. The van der Waals surface area contributed by atoms with Gasteiger partial charge in [0.1, 0.15) is 11.9 Å². The molecule has 156 valence electrons. The van der Waals surface area contributed by atoms with Crippen molar-refractivity contribution in [3.8, 4) is 0 Å². The zero-order chi connectivity index (χ0) is 21.0. The molecule has 0 saturated heterocycles. The second-order valence-corrected chi connectivity index (χ2v) is 8.47. The van der Waals surface area contributed by atoms with E-state index in [4.69, 9.17) is 19.5 Å². The van der Waals surface area contributed by atoms with E-state index in [-0.39, 0.29) is 12.4 Å². The molecule has 12 heteroatoms. The molecule has 1 heterocycles. The monoisotopic (exact) mass is 409 g/mol. The van der Waals surface area contributed by atoms with Gasteiger partial charge in [-0.3, -0.25) is 13.6 Å². The third kappa shape index (κ3) is 7.30. The van der Waals surface area contributed by atoms with Crippen LogP contribution < -0.4 is 11.4 Å². The maximum Gasteiger partial charge on any atom is 0.472 e. The van der Waals surface area contributed by atoms with Crippen molar-refractivity contribution in [3.05, 3.63) is 22.7 Å². The molecule has 27 heavy (non-hydrogen) atoms. The molecule has 0 spiro atoms. The van der Waals surface area contributed by atoms with Crippen molar-refractivity contribution in [3.63, 3.8) is 0 Å². The Hall–Kier alpha value is -1.33. The van der Waals surface area contributed by atoms with E-state index < -0.39 is 43.5 Å². The van der Waals surface area contributed by atoms with Crippen molar-refractivity contribution in [1.82, 2.24) is 9.55 Å². The van der Waals surface area contributed by atoms with Crippen LogP contribution in [0.1, 0.15) is 33.9 Å². The minimum absolute atomic E-state index is 0.000422. The fourth-order valence-corrected chi connectivity index (χ4v) is 3.39. The number of nitrogen functional groups attached to an aromatic ring is 1. The number of rotatable bonds is 9. The van der Waals surface area contributed by atoms with Crippen LogP contribution in [0.25, 0.3) is 0 Å². The van der Waals surface area contributed by atoms with E-state index in [2.05, 4.69) is 4.98 Å². The first-order valence-corrected chi connectivity index (χ1v) is 9.68. The number of hydrogen-bond donors (Lipinski definition) is 4. The van der Waals surface area contributed by atoms with Crippen LogP contribution in [0.15, 0.2) is 17.1 Å². The van der Waals surface area contributed by atoms with Gasteiger partial charge in [0, 0.05) is 19.2 Å². The number of phosphoric ester groups is 1. The summed E-state index contributed by atoms with van der Waals surface area (Å²) in [5.74, 6) is -0.792. The number of aliphatic hydroxyl groups excluding tert-OH is 2. The Morgan fingerprint density at radius 2 is 1.93 bits per heavy atom. The van der Waals surface area contributed by atoms with E-state index in [1.807, 2.05) is 0 Å². The molecule has 1 aromatic rings. The van der Waals surface area contributed by atoms with E-state index in [1.165, 1.54) is 26.3 Å². The van der Waals surface area contributed by atoms with E-state index in [1.54, 1.807) is 20.8 Å². The van der Waals surface area contributed by atoms with Gasteiger partial charge in [-0.25, -0.2) is 9.36 Å². The fourth-order valence-electron chi connectivity index (χ4n) is 2.23. The molecule has 0 aliphatic carbocycles. The molecular weight excluding hydrogens is 381 g/mol. The SMILES string of the molecule is COC(C(O)C(O)C(C)COP(=O)(O)OC(C)(C)C)n1ccc(N)nc1=O. The van der Waals surface area contributed by atoms with Gasteiger partial charge in [0.05, 0.1) is 18.3 Å². The first-order valence-electron chi connectivity index (χ1n) is 8.19. The van der Waals surface area contributed by atoms with Crippen molar-refractivity contribution in [2.45, 2.75) is 51.7 Å². The van der Waals surface area contributed by atoms with E-state index in [0.29, 0.717) is 0 Å². The second-order valence-electron chi connectivity index (χ2n) is 7.09. The summed E-state index contributed by atoms with van der Waals surface area (Å²) in [4.78, 5) is 25.1. The summed E-state index contributed by atoms with van der Waals surface area (Å²) in [6.45, 7) is 5.86. The molecule has 0 aromatic carbocycles. The van der Waals surface area contributed by atoms with Gasteiger partial charge in [-0.05, 0) is 26.8 Å². The summed E-state index contributed by atoms with van der Waals surface area (Å²) in [6.07, 6.45) is -2.99. The summed E-state index contributed by atoms with van der Waals surface area (Å²) in [7, 11) is -3.10. The molecule has 0 aliphatic rings. The first kappa shape index (κ1) is 23.7. The maximum atomic E-state index is 11.9. The number of anilines is 1. The topological polar surface area (TPSA) is 166 Å². The zero-order valence-corrected chi connectivity index (χ0v) is 16.9. The maximum absolute atomic E-state index is 11.9. The van der Waals surface area contributed by atoms with E-state index in [0.717, 1.165) is 4.57 Å². The Balaban J connectivity index is 2.82. The quantitative estimate of drug-likeness (QED) is 0.415. The smallest absolute Gasteiger partial charge is 0.390 e. The van der Waals surface area contributed by atoms with Gasteiger partial charge < -0.3 is 25.6 Å². The molecule has 0 amide bonds. The normalized spacial score (nSPS) is 19.1. The molecular formula is C15H28N3O8P. The van der Waals surface area contributed by atoms with Gasteiger partial charge in [-0.15, -0.1) is 0 Å². The molecule has 1 rings (SSSR count). The van der Waals surface area contributed by atoms with E-state index in [9.17, 15) is 24.5 Å². The number of aliphatic hydroxyl groups is 2. The second kappa shape index (κ2) is 9.24. The molecule has 0 aliphatic heterocycles. The Morgan fingerprint density at radius 1 is 1.33 bits per heavy atom. The Morgan fingerprint density at radius 3 is 2.41 bits per heavy atom. The van der Waals surface area contributed by atoms with Crippen LogP contribution in [0.5, 0.6) is 0 Å². The van der Waals surface area contributed by atoms with Gasteiger partial charge >= 0.3 is 13.5 Å². The molecule has 5 unspecified atom stereocenters. The van der Waals surface area contributed by atoms with Crippen LogP contribution >= 0.6 is 7.82 Å². The van der Waals surface area contributed by atoms with Crippen LogP contribution in [0.2, 0.25) is 0 Å². The minimum atomic E-state index is -4.34. The average molecular weight is 409 g/mol. The lowest BCUT2D eigenvalue weighted by atomic mass is 9.99. The highest BCUT2D eigenvalue weighted by Gasteiger charge is 2.35. The molecule has 0 saturated carbocycles. The zero-order valence-electron chi connectivity index (χ0n) is 16.0. The van der Waals surface area contributed by atoms with Crippen LogP contribution in [0.3, 0.4) is 0 Å². The lowest BCUT2D eigenvalue weighted by molar-refractivity contribution is -0.127. The van der Waals surface area contributed by atoms with Gasteiger partial charge in [0.2, 0.25) is 0 Å². The number of methoxy groups -OCH3 is 1. The summed E-state index contributed by atoms with van der Waals surface area (Å²) in [6, 6.07) is 1.34. The Labute approximate surface area is 157 Å². The molecule has 5 N–H and O–H groups in total. The molecule has 11 nitrogen and oxygen atoms in total. The molecule has 0 radical (unpaired) electrons. The van der Waals surface area contributed by atoms with Crippen LogP contribution in [-0.4, -0.2) is 56.2 Å². The highest BCUT2D eigenvalue weighted by Crippen LogP contribution is 2.47. The van der Waals surface area contributed by atoms with Crippen molar-refractivity contribution in [2.24, 2.45) is 5.92 Å². The Bertz CT molecular complexity index is 720. The highest BCUT2D eigenvalue weighted by molar-refractivity contribution is 7.47. The first-order chi connectivity index (χ1) is 12.3. The predicted molar refractivity (Wildman–Crippen MR) is 96.7 cm³/mol. The molecule has 1 aromatic heterocycles. The third-order valence-corrected chi connectivity index (χ3v) is 4.74. The standard InChI is InChI=1S/C15H28N3O8P/c1-9(8-25-27(22,23)26-15(2,3)4)11(19)12(20)13(24-5)18-7-6-10(16)17-14(18)21/h6-7,9,11-13,19-20H,8H2,1-5H3,(H,22,23)(H2,16,17,21). The summed E-state index contributed by atoms with van der Waals surface area (Å²) >= 11 is 0. The number of nitrogens with two attached hydrogens (primary N) is 1. The fraction of sp³-hybridized carbons (Fsp3) is 0.733. The molecule has 0 bridgehead atoms. The number of hydrogen-bond acceptors (Lipinski definition) is 9. The van der Waals surface area contributed by atoms with Crippen LogP contribution in [0, 0.1) is 5.92 Å². The van der Waals surface area contributed by atoms with E-state index >= 15 is 0 Å². The predicted octanol–water partition coefficient (Wildman–Crippen LogP) is 0.260. The summed E-state index contributed by atoms with van der Waals surface area (Å²) in [5, 5.41) is 20.7. The number of phosphoric acid groups is 1. The van der Waals surface area contributed by atoms with Crippen molar-refractivity contribution in [2.75, 3.05) is 19.5 Å². The van der Waals surface area contributed by atoms with Gasteiger partial charge in [-0.1, -0.05) is 6.92 Å². The number of ether oxygens (including phenoxy) is 1. The molecule has 0 fully saturated rings. The van der Waals surface area contributed by atoms with Crippen LogP contribution in [0.4, 0.5) is 5.82 Å². The lowest BCUT2D eigenvalue weighted by Crippen LogP contribution is -2.44. The minimum Gasteiger partial charge on any atom is -0.390 e. The van der Waals surface area contributed by atoms with Gasteiger partial charge in [0.15, 0.2) is 6.23 Å². The lowest BCUT2D eigenvalue weighted by Gasteiger charge is -2.30. The highest BCUT2D eigenvalue weighted by atomic mass is 31.2. The number of aromatic nitrogens is 2. The summed E-state index contributed by atoms with van der Waals surface area (Å²) < 4.78 is 27.8. The van der Waals surface area contributed by atoms with Crippen molar-refractivity contribution < 1.29 is 33.5 Å². The van der Waals surface area contributed by atoms with Crippen molar-refractivity contribution >= 4 is 13.6 Å². The van der Waals surface area contributed by atoms with Gasteiger partial charge in [-0.2, -0.15) is 4.98 Å². The average Bonchev–Trinajstić information content (AvgIpc) is 2.52. The van der Waals surface area contributed by atoms with Crippen LogP contribution in [-0.2, 0) is 18.3 Å².